The molecule has 0 fully saturated rings. The van der Waals surface area contributed by atoms with Gasteiger partial charge in [0.2, 0.25) is 11.9 Å². The maximum absolute atomic E-state index is 15.5. The summed E-state index contributed by atoms with van der Waals surface area (Å²) in [4.78, 5) is 25.5. The molecule has 0 unspecified atom stereocenters. The molecule has 4 aromatic rings. The first-order chi connectivity index (χ1) is 18.7. The highest BCUT2D eigenvalue weighted by Crippen LogP contribution is 2.36. The maximum Gasteiger partial charge on any atom is 0.228 e. The molecule has 3 heterocycles. The average molecular weight is 532 g/mol. The molecule has 10 heteroatoms. The Hall–Kier alpha value is -4.02. The number of amides is 1. The van der Waals surface area contributed by atoms with Gasteiger partial charge in [0.1, 0.15) is 0 Å². The molecule has 1 amide bonds. The van der Waals surface area contributed by atoms with Crippen molar-refractivity contribution in [1.29, 1.82) is 0 Å². The van der Waals surface area contributed by atoms with Crippen LogP contribution in [-0.4, -0.2) is 66.2 Å². The number of benzene rings is 2. The number of likely N-dealkylation sites (N-methyl/N-ethyl adjacent to an activating group) is 2. The third-order valence-corrected chi connectivity index (χ3v) is 6.87. The summed E-state index contributed by atoms with van der Waals surface area (Å²) in [6.07, 6.45) is 2.73. The number of fused-ring (bicyclic) bond motifs is 2. The van der Waals surface area contributed by atoms with E-state index in [1.54, 1.807) is 11.0 Å². The van der Waals surface area contributed by atoms with Gasteiger partial charge >= 0.3 is 0 Å². The largest absolute Gasteiger partial charge is 0.376 e. The number of para-hydroxylation sites is 1. The molecular weight excluding hydrogens is 497 g/mol. The van der Waals surface area contributed by atoms with E-state index in [0.717, 1.165) is 40.0 Å². The number of ether oxygens (including phenoxy) is 1. The Kier molecular flexibility index (Phi) is 7.49. The highest BCUT2D eigenvalue weighted by atomic mass is 19.1. The Morgan fingerprint density at radius 2 is 1.95 bits per heavy atom. The van der Waals surface area contributed by atoms with Gasteiger partial charge in [-0.05, 0) is 32.3 Å². The van der Waals surface area contributed by atoms with Crippen molar-refractivity contribution in [3.63, 3.8) is 0 Å². The van der Waals surface area contributed by atoms with Gasteiger partial charge in [0.15, 0.2) is 5.82 Å². The lowest BCUT2D eigenvalue weighted by Gasteiger charge is -2.25. The number of aromatic nitrogens is 3. The van der Waals surface area contributed by atoms with Gasteiger partial charge in [-0.15, -0.1) is 0 Å². The Bertz CT molecular complexity index is 1530. The molecule has 2 N–H and O–H groups in total. The summed E-state index contributed by atoms with van der Waals surface area (Å²) < 4.78 is 23.4. The van der Waals surface area contributed by atoms with Crippen molar-refractivity contribution in [3.05, 3.63) is 59.7 Å². The molecule has 5 rings (SSSR count). The SMILES string of the molecule is CC(=O)Nc1cc(Nc2nc3c(c(-c4cn(C)c5ccccc45)n2)COCC3)cc(F)c1N(C)CCN(C)C. The Morgan fingerprint density at radius 3 is 2.72 bits per heavy atom. The van der Waals surface area contributed by atoms with Crippen LogP contribution in [0.3, 0.4) is 0 Å². The summed E-state index contributed by atoms with van der Waals surface area (Å²) >= 11 is 0. The second kappa shape index (κ2) is 11.0. The Balaban J connectivity index is 1.56. The smallest absolute Gasteiger partial charge is 0.228 e. The van der Waals surface area contributed by atoms with Gasteiger partial charge in [-0.25, -0.2) is 14.4 Å². The lowest BCUT2D eigenvalue weighted by molar-refractivity contribution is -0.114. The summed E-state index contributed by atoms with van der Waals surface area (Å²) in [7, 11) is 7.75. The van der Waals surface area contributed by atoms with Crippen molar-refractivity contribution in [2.24, 2.45) is 7.05 Å². The van der Waals surface area contributed by atoms with Crippen LogP contribution in [0.4, 0.5) is 27.4 Å². The second-order valence-electron chi connectivity index (χ2n) is 10.2. The number of hydrogen-bond acceptors (Lipinski definition) is 7. The van der Waals surface area contributed by atoms with Gasteiger partial charge in [0.05, 0.1) is 36.0 Å². The summed E-state index contributed by atoms with van der Waals surface area (Å²) in [5, 5.41) is 7.07. The summed E-state index contributed by atoms with van der Waals surface area (Å²) in [5.74, 6) is -0.372. The molecule has 204 valence electrons. The van der Waals surface area contributed by atoms with E-state index in [2.05, 4.69) is 33.5 Å². The average Bonchev–Trinajstić information content (AvgIpc) is 3.22. The van der Waals surface area contributed by atoms with Gasteiger partial charge in [0, 0.05) is 74.4 Å². The van der Waals surface area contributed by atoms with Gasteiger partial charge in [-0.1, -0.05) is 18.2 Å². The van der Waals surface area contributed by atoms with Crippen LogP contribution < -0.4 is 15.5 Å². The molecule has 39 heavy (non-hydrogen) atoms. The van der Waals surface area contributed by atoms with Gasteiger partial charge < -0.3 is 29.7 Å². The molecule has 1 aliphatic heterocycles. The molecule has 2 aromatic carbocycles. The zero-order chi connectivity index (χ0) is 27.7. The summed E-state index contributed by atoms with van der Waals surface area (Å²) in [6.45, 7) is 3.75. The van der Waals surface area contributed by atoms with Crippen LogP contribution in [-0.2, 0) is 29.6 Å². The fourth-order valence-electron chi connectivity index (χ4n) is 4.98. The first-order valence-corrected chi connectivity index (χ1v) is 13.0. The monoisotopic (exact) mass is 531 g/mol. The minimum absolute atomic E-state index is 0.280. The van der Waals surface area contributed by atoms with Gasteiger partial charge in [0.25, 0.3) is 0 Å². The Labute approximate surface area is 227 Å². The zero-order valence-electron chi connectivity index (χ0n) is 23.0. The molecule has 9 nitrogen and oxygen atoms in total. The quantitative estimate of drug-likeness (QED) is 0.345. The van der Waals surface area contributed by atoms with Crippen molar-refractivity contribution in [2.45, 2.75) is 20.0 Å². The molecular formula is C29H34FN7O2. The third kappa shape index (κ3) is 5.57. The normalized spacial score (nSPS) is 13.0. The van der Waals surface area contributed by atoms with Crippen molar-refractivity contribution < 1.29 is 13.9 Å². The summed E-state index contributed by atoms with van der Waals surface area (Å²) in [6, 6.07) is 11.3. The highest BCUT2D eigenvalue weighted by molar-refractivity contribution is 5.96. The van der Waals surface area contributed by atoms with E-state index in [0.29, 0.717) is 49.2 Å². The predicted molar refractivity (Wildman–Crippen MR) is 153 cm³/mol. The van der Waals surface area contributed by atoms with Crippen molar-refractivity contribution in [2.75, 3.05) is 56.4 Å². The number of carbonyl (C=O) groups excluding carboxylic acids is 1. The predicted octanol–water partition coefficient (Wildman–Crippen LogP) is 4.55. The minimum Gasteiger partial charge on any atom is -0.376 e. The van der Waals surface area contributed by atoms with E-state index in [9.17, 15) is 4.79 Å². The first-order valence-electron chi connectivity index (χ1n) is 13.0. The molecule has 0 aliphatic carbocycles. The number of anilines is 4. The maximum atomic E-state index is 15.5. The molecule has 0 atom stereocenters. The fourth-order valence-corrected chi connectivity index (χ4v) is 4.98. The number of rotatable bonds is 8. The lowest BCUT2D eigenvalue weighted by atomic mass is 10.0. The molecule has 0 radical (unpaired) electrons. The van der Waals surface area contributed by atoms with Crippen molar-refractivity contribution >= 4 is 39.8 Å². The standard InChI is InChI=1S/C29H34FN7O2/c1-18(38)31-25-15-19(14-23(30)28(25)36(4)12-11-35(2)3)32-29-33-24-10-13-39-17-22(24)27(34-29)21-16-37(5)26-9-7-6-8-20(21)26/h6-9,14-16H,10-13,17H2,1-5H3,(H,31,38)(H,32,33,34). The van der Waals surface area contributed by atoms with Crippen LogP contribution in [0.1, 0.15) is 18.2 Å². The number of nitrogens with one attached hydrogen (secondary N) is 2. The highest BCUT2D eigenvalue weighted by Gasteiger charge is 2.23. The minimum atomic E-state index is -0.453. The Morgan fingerprint density at radius 1 is 1.15 bits per heavy atom. The van der Waals surface area contributed by atoms with E-state index in [4.69, 9.17) is 14.7 Å². The van der Waals surface area contributed by atoms with Crippen LogP contribution in [0, 0.1) is 5.82 Å². The molecule has 1 aliphatic rings. The molecule has 2 aromatic heterocycles. The first kappa shape index (κ1) is 26.6. The van der Waals surface area contributed by atoms with Gasteiger partial charge in [-0.3, -0.25) is 4.79 Å². The van der Waals surface area contributed by atoms with E-state index in [1.165, 1.54) is 13.0 Å². The van der Waals surface area contributed by atoms with Crippen LogP contribution in [0.2, 0.25) is 0 Å². The molecule has 0 bridgehead atoms. The second-order valence-corrected chi connectivity index (χ2v) is 10.2. The number of hydrogen-bond donors (Lipinski definition) is 2. The van der Waals surface area contributed by atoms with E-state index in [-0.39, 0.29) is 5.91 Å². The van der Waals surface area contributed by atoms with E-state index in [1.807, 2.05) is 45.2 Å². The number of carbonyl (C=O) groups is 1. The van der Waals surface area contributed by atoms with Crippen molar-refractivity contribution in [1.82, 2.24) is 19.4 Å². The van der Waals surface area contributed by atoms with Crippen LogP contribution in [0.15, 0.2) is 42.6 Å². The molecule has 0 saturated carbocycles. The molecule has 0 saturated heterocycles. The number of nitrogens with zero attached hydrogens (tertiary/aromatic N) is 5. The van der Waals surface area contributed by atoms with Crippen molar-refractivity contribution in [3.8, 4) is 11.3 Å². The fraction of sp³-hybridized carbons (Fsp3) is 0.345. The topological polar surface area (TPSA) is 87.5 Å². The van der Waals surface area contributed by atoms with Crippen LogP contribution >= 0.6 is 0 Å². The van der Waals surface area contributed by atoms with Gasteiger partial charge in [-0.2, -0.15) is 0 Å². The van der Waals surface area contributed by atoms with E-state index < -0.39 is 5.82 Å². The van der Waals surface area contributed by atoms with E-state index >= 15 is 4.39 Å². The summed E-state index contributed by atoms with van der Waals surface area (Å²) in [5.41, 5.74) is 5.91. The zero-order valence-corrected chi connectivity index (χ0v) is 23.0. The van der Waals surface area contributed by atoms with Crippen LogP contribution in [0.25, 0.3) is 22.2 Å². The lowest BCUT2D eigenvalue weighted by Crippen LogP contribution is -2.30. The molecule has 0 spiro atoms. The van der Waals surface area contributed by atoms with Crippen LogP contribution in [0.5, 0.6) is 0 Å². The third-order valence-electron chi connectivity index (χ3n) is 6.87. The number of halogens is 1. The number of aryl methyl sites for hydroxylation is 1.